The molecule has 0 saturated heterocycles. The van der Waals surface area contributed by atoms with Gasteiger partial charge in [0.25, 0.3) is 0 Å². The molecule has 0 aliphatic carbocycles. The van der Waals surface area contributed by atoms with Crippen LogP contribution >= 0.6 is 11.6 Å². The summed E-state index contributed by atoms with van der Waals surface area (Å²) < 4.78 is 11.2. The van der Waals surface area contributed by atoms with Crippen molar-refractivity contribution in [1.29, 1.82) is 0 Å². The number of nitrogens with zero attached hydrogens (tertiary/aromatic N) is 3. The van der Waals surface area contributed by atoms with E-state index in [-0.39, 0.29) is 0 Å². The third-order valence-corrected chi connectivity index (χ3v) is 4.52. The summed E-state index contributed by atoms with van der Waals surface area (Å²) in [6.45, 7) is 0. The second kappa shape index (κ2) is 7.81. The second-order valence-electron chi connectivity index (χ2n) is 6.20. The summed E-state index contributed by atoms with van der Waals surface area (Å²) in [5.74, 6) is -0.297. The van der Waals surface area contributed by atoms with Gasteiger partial charge in [-0.2, -0.15) is 0 Å². The lowest BCUT2D eigenvalue weighted by Crippen LogP contribution is -2.19. The topological polar surface area (TPSA) is 86.5 Å². The van der Waals surface area contributed by atoms with E-state index in [1.807, 2.05) is 24.3 Å². The van der Waals surface area contributed by atoms with E-state index >= 15 is 0 Å². The minimum absolute atomic E-state index is 0.290. The molecule has 0 saturated carbocycles. The van der Waals surface area contributed by atoms with Crippen LogP contribution in [-0.4, -0.2) is 33.2 Å². The van der Waals surface area contributed by atoms with E-state index in [1.54, 1.807) is 49.6 Å². The molecular weight excluding hydrogens is 394 g/mol. The molecule has 1 heterocycles. The monoisotopic (exact) mass is 409 g/mol. The lowest BCUT2D eigenvalue weighted by Gasteiger charge is -2.18. The third kappa shape index (κ3) is 3.86. The molecule has 1 unspecified atom stereocenters. The zero-order valence-corrected chi connectivity index (χ0v) is 16.1. The van der Waals surface area contributed by atoms with E-state index in [9.17, 15) is 9.90 Å². The van der Waals surface area contributed by atoms with Crippen molar-refractivity contribution in [3.63, 3.8) is 0 Å². The molecule has 0 amide bonds. The van der Waals surface area contributed by atoms with Gasteiger partial charge in [0, 0.05) is 16.7 Å². The highest BCUT2D eigenvalue weighted by atomic mass is 35.5. The van der Waals surface area contributed by atoms with E-state index < -0.39 is 12.1 Å². The number of carboxylic acid groups (broad SMARTS) is 1. The van der Waals surface area contributed by atoms with Gasteiger partial charge in [-0.15, -0.1) is 15.0 Å². The first kappa shape index (κ1) is 18.8. The smallest absolute Gasteiger partial charge is 0.349 e. The molecule has 3 aromatic carbocycles. The molecule has 0 fully saturated rings. The van der Waals surface area contributed by atoms with Gasteiger partial charge in [0.1, 0.15) is 28.2 Å². The predicted molar refractivity (Wildman–Crippen MR) is 108 cm³/mol. The predicted octanol–water partition coefficient (Wildman–Crippen LogP) is 4.29. The number of ether oxygens (including phenoxy) is 2. The van der Waals surface area contributed by atoms with E-state index in [0.29, 0.717) is 38.8 Å². The van der Waals surface area contributed by atoms with E-state index in [0.717, 1.165) is 0 Å². The molecule has 4 aromatic rings. The fourth-order valence-corrected chi connectivity index (χ4v) is 3.10. The molecular formula is C21H16ClN3O4. The van der Waals surface area contributed by atoms with Gasteiger partial charge in [-0.05, 0) is 36.4 Å². The Balaban J connectivity index is 1.79. The van der Waals surface area contributed by atoms with Crippen molar-refractivity contribution >= 4 is 28.6 Å². The van der Waals surface area contributed by atoms with Crippen molar-refractivity contribution < 1.29 is 19.4 Å². The number of benzene rings is 3. The largest absolute Gasteiger partial charge is 0.497 e. The van der Waals surface area contributed by atoms with Crippen LogP contribution in [0.3, 0.4) is 0 Å². The Labute approximate surface area is 171 Å². The van der Waals surface area contributed by atoms with Crippen LogP contribution in [-0.2, 0) is 4.79 Å². The standard InChI is InChI=1S/C21H16ClN3O4/c1-28-15-9-10-19(29-20(21(26)27)13-5-4-6-14(22)11-13)18(12-15)25-23-16-7-2-3-8-17(16)24-25/h2-12,20H,1H3,(H,26,27). The maximum atomic E-state index is 11.9. The van der Waals surface area contributed by atoms with Crippen LogP contribution < -0.4 is 9.47 Å². The second-order valence-corrected chi connectivity index (χ2v) is 6.64. The van der Waals surface area contributed by atoms with Crippen molar-refractivity contribution in [2.45, 2.75) is 6.10 Å². The van der Waals surface area contributed by atoms with Gasteiger partial charge in [0.05, 0.1) is 7.11 Å². The summed E-state index contributed by atoms with van der Waals surface area (Å²) in [5.41, 5.74) is 2.27. The Hall–Kier alpha value is -3.58. The summed E-state index contributed by atoms with van der Waals surface area (Å²) in [6.07, 6.45) is -1.26. The first-order chi connectivity index (χ1) is 14.0. The average Bonchev–Trinajstić information content (AvgIpc) is 3.16. The number of aromatic nitrogens is 3. The Morgan fingerprint density at radius 2 is 1.76 bits per heavy atom. The number of hydrogen-bond donors (Lipinski definition) is 1. The van der Waals surface area contributed by atoms with Crippen LogP contribution in [0.4, 0.5) is 0 Å². The SMILES string of the molecule is COc1ccc(OC(C(=O)O)c2cccc(Cl)c2)c(-n2nc3ccccc3n2)c1. The average molecular weight is 410 g/mol. The van der Waals surface area contributed by atoms with Crippen LogP contribution in [0.1, 0.15) is 11.7 Å². The van der Waals surface area contributed by atoms with Crippen molar-refractivity contribution in [2.75, 3.05) is 7.11 Å². The highest BCUT2D eigenvalue weighted by molar-refractivity contribution is 6.30. The summed E-state index contributed by atoms with van der Waals surface area (Å²) in [6, 6.07) is 19.0. The maximum Gasteiger partial charge on any atom is 0.349 e. The molecule has 29 heavy (non-hydrogen) atoms. The van der Waals surface area contributed by atoms with Crippen molar-refractivity contribution in [3.05, 3.63) is 77.3 Å². The van der Waals surface area contributed by atoms with Gasteiger partial charge < -0.3 is 14.6 Å². The highest BCUT2D eigenvalue weighted by Crippen LogP contribution is 2.32. The highest BCUT2D eigenvalue weighted by Gasteiger charge is 2.24. The number of aliphatic carboxylic acids is 1. The molecule has 146 valence electrons. The molecule has 7 nitrogen and oxygen atoms in total. The Kier molecular flexibility index (Phi) is 5.05. The first-order valence-electron chi connectivity index (χ1n) is 8.70. The van der Waals surface area contributed by atoms with Gasteiger partial charge >= 0.3 is 5.97 Å². The molecule has 4 rings (SSSR count). The summed E-state index contributed by atoms with van der Waals surface area (Å²) in [7, 11) is 1.54. The zero-order chi connectivity index (χ0) is 20.4. The lowest BCUT2D eigenvalue weighted by molar-refractivity contribution is -0.145. The molecule has 8 heteroatoms. The van der Waals surface area contributed by atoms with Crippen molar-refractivity contribution in [3.8, 4) is 17.2 Å². The first-order valence-corrected chi connectivity index (χ1v) is 9.08. The Bertz CT molecular complexity index is 1160. The number of hydrogen-bond acceptors (Lipinski definition) is 5. The van der Waals surface area contributed by atoms with Crippen LogP contribution in [0.5, 0.6) is 11.5 Å². The quantitative estimate of drug-likeness (QED) is 0.511. The normalized spacial score (nSPS) is 11.9. The number of carbonyl (C=O) groups is 1. The summed E-state index contributed by atoms with van der Waals surface area (Å²) in [5, 5.41) is 19.1. The fourth-order valence-electron chi connectivity index (χ4n) is 2.91. The minimum atomic E-state index is -1.26. The zero-order valence-electron chi connectivity index (χ0n) is 15.3. The molecule has 1 aromatic heterocycles. The van der Waals surface area contributed by atoms with Crippen molar-refractivity contribution in [1.82, 2.24) is 15.0 Å². The number of carboxylic acids is 1. The van der Waals surface area contributed by atoms with Crippen LogP contribution in [0.2, 0.25) is 5.02 Å². The van der Waals surface area contributed by atoms with Gasteiger partial charge in [-0.25, -0.2) is 4.79 Å². The fraction of sp³-hybridized carbons (Fsp3) is 0.0952. The summed E-state index contributed by atoms with van der Waals surface area (Å²) >= 11 is 6.02. The molecule has 0 bridgehead atoms. The van der Waals surface area contributed by atoms with E-state index in [4.69, 9.17) is 21.1 Å². The number of fused-ring (bicyclic) bond motifs is 1. The molecule has 1 atom stereocenters. The van der Waals surface area contributed by atoms with Crippen LogP contribution in [0, 0.1) is 0 Å². The Morgan fingerprint density at radius 3 is 2.38 bits per heavy atom. The maximum absolute atomic E-state index is 11.9. The van der Waals surface area contributed by atoms with Gasteiger partial charge in [0.15, 0.2) is 0 Å². The molecule has 1 N–H and O–H groups in total. The van der Waals surface area contributed by atoms with Crippen LogP contribution in [0.15, 0.2) is 66.7 Å². The van der Waals surface area contributed by atoms with Crippen LogP contribution in [0.25, 0.3) is 16.7 Å². The summed E-state index contributed by atoms with van der Waals surface area (Å²) in [4.78, 5) is 13.3. The van der Waals surface area contributed by atoms with E-state index in [2.05, 4.69) is 10.2 Å². The Morgan fingerprint density at radius 1 is 1.03 bits per heavy atom. The number of rotatable bonds is 6. The molecule has 0 radical (unpaired) electrons. The molecule has 0 aliphatic heterocycles. The van der Waals surface area contributed by atoms with E-state index in [1.165, 1.54) is 4.80 Å². The van der Waals surface area contributed by atoms with Gasteiger partial charge in [-0.1, -0.05) is 35.9 Å². The molecule has 0 aliphatic rings. The molecule has 0 spiro atoms. The van der Waals surface area contributed by atoms with Gasteiger partial charge in [0.2, 0.25) is 6.10 Å². The lowest BCUT2D eigenvalue weighted by atomic mass is 10.1. The van der Waals surface area contributed by atoms with Gasteiger partial charge in [-0.3, -0.25) is 0 Å². The van der Waals surface area contributed by atoms with Crippen molar-refractivity contribution in [2.24, 2.45) is 0 Å². The number of methoxy groups -OCH3 is 1. The minimum Gasteiger partial charge on any atom is -0.497 e. The number of halogens is 1. The third-order valence-electron chi connectivity index (χ3n) is 4.29.